The van der Waals surface area contributed by atoms with E-state index < -0.39 is 22.0 Å². The molecule has 0 amide bonds. The van der Waals surface area contributed by atoms with Gasteiger partial charge in [-0.15, -0.1) is 0 Å². The van der Waals surface area contributed by atoms with Crippen molar-refractivity contribution in [1.29, 1.82) is 0 Å². The molecular weight excluding hydrogens is 294 g/mol. The van der Waals surface area contributed by atoms with E-state index in [2.05, 4.69) is 9.82 Å². The number of benzene rings is 1. The first-order valence-corrected chi connectivity index (χ1v) is 7.93. The van der Waals surface area contributed by atoms with E-state index in [1.54, 1.807) is 16.9 Å². The predicted octanol–water partition coefficient (Wildman–Crippen LogP) is 1.37. The molecule has 0 saturated heterocycles. The molecule has 0 radical (unpaired) electrons. The maximum Gasteiger partial charge on any atom is 0.321 e. The molecule has 0 fully saturated rings. The van der Waals surface area contributed by atoms with E-state index in [9.17, 15) is 13.2 Å². The van der Waals surface area contributed by atoms with E-state index in [1.165, 1.54) is 19.1 Å². The molecular formula is C13H17N3O4S. The van der Waals surface area contributed by atoms with Crippen molar-refractivity contribution >= 4 is 26.9 Å². The Hall–Kier alpha value is -1.93. The zero-order chi connectivity index (χ0) is 15.8. The van der Waals surface area contributed by atoms with Crippen LogP contribution in [0.5, 0.6) is 0 Å². The molecule has 0 aliphatic heterocycles. The van der Waals surface area contributed by atoms with Gasteiger partial charge in [0.25, 0.3) is 0 Å². The number of carboxylic acid groups (broad SMARTS) is 1. The van der Waals surface area contributed by atoms with E-state index in [0.29, 0.717) is 5.39 Å². The monoisotopic (exact) mass is 311 g/mol. The zero-order valence-corrected chi connectivity index (χ0v) is 12.8. The van der Waals surface area contributed by atoms with Gasteiger partial charge in [-0.2, -0.15) is 9.82 Å². The highest BCUT2D eigenvalue weighted by Crippen LogP contribution is 2.21. The molecule has 1 aromatic carbocycles. The second kappa shape index (κ2) is 5.45. The highest BCUT2D eigenvalue weighted by Gasteiger charge is 2.22. The molecule has 0 bridgehead atoms. The average molecular weight is 311 g/mol. The van der Waals surface area contributed by atoms with E-state index >= 15 is 0 Å². The van der Waals surface area contributed by atoms with Crippen LogP contribution in [0, 0.1) is 0 Å². The van der Waals surface area contributed by atoms with Crippen molar-refractivity contribution in [2.75, 3.05) is 0 Å². The number of rotatable bonds is 5. The maximum atomic E-state index is 12.1. The summed E-state index contributed by atoms with van der Waals surface area (Å²) in [6.45, 7) is 5.23. The Morgan fingerprint density at radius 1 is 1.33 bits per heavy atom. The molecule has 2 aromatic rings. The molecule has 21 heavy (non-hydrogen) atoms. The zero-order valence-electron chi connectivity index (χ0n) is 11.9. The number of nitrogens with one attached hydrogen (secondary N) is 1. The topological polar surface area (TPSA) is 101 Å². The SMILES string of the molecule is CC(C)n1ncc2cc(S(=O)(=O)N[C@H](C)C(=O)O)ccc21. The number of nitrogens with zero attached hydrogens (tertiary/aromatic N) is 2. The predicted molar refractivity (Wildman–Crippen MR) is 77.5 cm³/mol. The van der Waals surface area contributed by atoms with Crippen LogP contribution in [0.4, 0.5) is 0 Å². The van der Waals surface area contributed by atoms with Gasteiger partial charge in [-0.25, -0.2) is 8.42 Å². The second-order valence-electron chi connectivity index (χ2n) is 5.08. The summed E-state index contributed by atoms with van der Waals surface area (Å²) in [4.78, 5) is 10.8. The third-order valence-corrected chi connectivity index (χ3v) is 4.61. The lowest BCUT2D eigenvalue weighted by molar-refractivity contribution is -0.138. The number of carboxylic acids is 1. The van der Waals surface area contributed by atoms with Gasteiger partial charge < -0.3 is 5.11 Å². The summed E-state index contributed by atoms with van der Waals surface area (Å²) in [6.07, 6.45) is 1.59. The van der Waals surface area contributed by atoms with Crippen molar-refractivity contribution in [3.8, 4) is 0 Å². The fourth-order valence-electron chi connectivity index (χ4n) is 1.96. The number of hydrogen-bond acceptors (Lipinski definition) is 4. The molecule has 0 spiro atoms. The van der Waals surface area contributed by atoms with Crippen molar-refractivity contribution < 1.29 is 18.3 Å². The van der Waals surface area contributed by atoms with Gasteiger partial charge in [0.2, 0.25) is 10.0 Å². The summed E-state index contributed by atoms with van der Waals surface area (Å²) in [7, 11) is -3.87. The first kappa shape index (κ1) is 15.5. The highest BCUT2D eigenvalue weighted by molar-refractivity contribution is 7.89. The molecule has 0 saturated carbocycles. The molecule has 0 aliphatic rings. The third-order valence-electron chi connectivity index (χ3n) is 3.07. The number of fused-ring (bicyclic) bond motifs is 1. The number of aromatic nitrogens is 2. The van der Waals surface area contributed by atoms with Crippen molar-refractivity contribution in [3.63, 3.8) is 0 Å². The van der Waals surface area contributed by atoms with E-state index in [1.807, 2.05) is 13.8 Å². The molecule has 1 heterocycles. The smallest absolute Gasteiger partial charge is 0.321 e. The first-order chi connectivity index (χ1) is 9.72. The van der Waals surface area contributed by atoms with Crippen LogP contribution in [-0.2, 0) is 14.8 Å². The number of carbonyl (C=O) groups is 1. The van der Waals surface area contributed by atoms with Crippen LogP contribution < -0.4 is 4.72 Å². The molecule has 114 valence electrons. The van der Waals surface area contributed by atoms with Crippen LogP contribution in [0.3, 0.4) is 0 Å². The lowest BCUT2D eigenvalue weighted by Crippen LogP contribution is -2.38. The fourth-order valence-corrected chi connectivity index (χ4v) is 3.19. The largest absolute Gasteiger partial charge is 0.480 e. The minimum Gasteiger partial charge on any atom is -0.480 e. The maximum absolute atomic E-state index is 12.1. The Bertz CT molecular complexity index is 780. The summed E-state index contributed by atoms with van der Waals surface area (Å²) in [6, 6.07) is 3.57. The van der Waals surface area contributed by atoms with Crippen LogP contribution in [0.2, 0.25) is 0 Å². The number of hydrogen-bond donors (Lipinski definition) is 2. The van der Waals surface area contributed by atoms with Gasteiger partial charge in [-0.1, -0.05) is 0 Å². The van der Waals surface area contributed by atoms with Crippen LogP contribution in [0.1, 0.15) is 26.8 Å². The van der Waals surface area contributed by atoms with Crippen molar-refractivity contribution in [2.24, 2.45) is 0 Å². The standard InChI is InChI=1S/C13H17N3O4S/c1-8(2)16-12-5-4-11(6-10(12)7-14-16)21(19,20)15-9(3)13(17)18/h4-9,15H,1-3H3,(H,17,18)/t9-/m1/s1. The Balaban J connectivity index is 2.41. The van der Waals surface area contributed by atoms with Crippen LogP contribution >= 0.6 is 0 Å². The molecule has 2 N–H and O–H groups in total. The fraction of sp³-hybridized carbons (Fsp3) is 0.385. The molecule has 8 heteroatoms. The summed E-state index contributed by atoms with van der Waals surface area (Å²) < 4.78 is 28.2. The number of sulfonamides is 1. The van der Waals surface area contributed by atoms with Crippen molar-refractivity contribution in [2.45, 2.75) is 37.8 Å². The lowest BCUT2D eigenvalue weighted by Gasteiger charge is -2.11. The van der Waals surface area contributed by atoms with Crippen molar-refractivity contribution in [3.05, 3.63) is 24.4 Å². The third kappa shape index (κ3) is 3.06. The molecule has 0 unspecified atom stereocenters. The first-order valence-electron chi connectivity index (χ1n) is 6.45. The molecule has 1 aromatic heterocycles. The Morgan fingerprint density at radius 2 is 2.00 bits per heavy atom. The van der Waals surface area contributed by atoms with Crippen LogP contribution in [0.15, 0.2) is 29.3 Å². The average Bonchev–Trinajstić information content (AvgIpc) is 2.80. The van der Waals surface area contributed by atoms with Gasteiger partial charge in [0.1, 0.15) is 6.04 Å². The van der Waals surface area contributed by atoms with Crippen molar-refractivity contribution in [1.82, 2.24) is 14.5 Å². The van der Waals surface area contributed by atoms with Crippen LogP contribution in [-0.4, -0.2) is 35.3 Å². The van der Waals surface area contributed by atoms with Gasteiger partial charge in [-0.3, -0.25) is 9.48 Å². The Morgan fingerprint density at radius 3 is 2.57 bits per heavy atom. The normalized spacial score (nSPS) is 13.7. The minimum atomic E-state index is -3.87. The molecule has 1 atom stereocenters. The highest BCUT2D eigenvalue weighted by atomic mass is 32.2. The Labute approximate surface area is 122 Å². The summed E-state index contributed by atoms with van der Waals surface area (Å²) in [5.74, 6) is -1.23. The lowest BCUT2D eigenvalue weighted by atomic mass is 10.2. The summed E-state index contributed by atoms with van der Waals surface area (Å²) >= 11 is 0. The van der Waals surface area contributed by atoms with Gasteiger partial charge in [0.05, 0.1) is 16.6 Å². The minimum absolute atomic E-state index is 0.0198. The number of aliphatic carboxylic acids is 1. The van der Waals surface area contributed by atoms with Gasteiger partial charge in [0.15, 0.2) is 0 Å². The second-order valence-corrected chi connectivity index (χ2v) is 6.80. The van der Waals surface area contributed by atoms with Crippen LogP contribution in [0.25, 0.3) is 10.9 Å². The summed E-state index contributed by atoms with van der Waals surface area (Å²) in [5, 5.41) is 13.7. The molecule has 0 aliphatic carbocycles. The van der Waals surface area contributed by atoms with E-state index in [4.69, 9.17) is 5.11 Å². The van der Waals surface area contributed by atoms with Gasteiger partial charge in [0, 0.05) is 11.4 Å². The quantitative estimate of drug-likeness (QED) is 0.868. The summed E-state index contributed by atoms with van der Waals surface area (Å²) in [5.41, 5.74) is 0.829. The Kier molecular flexibility index (Phi) is 4.02. The molecule has 7 nitrogen and oxygen atoms in total. The van der Waals surface area contributed by atoms with Gasteiger partial charge in [-0.05, 0) is 39.0 Å². The van der Waals surface area contributed by atoms with E-state index in [-0.39, 0.29) is 10.9 Å². The van der Waals surface area contributed by atoms with E-state index in [0.717, 1.165) is 5.52 Å². The molecule has 2 rings (SSSR count). The van der Waals surface area contributed by atoms with Gasteiger partial charge >= 0.3 is 5.97 Å².